The maximum atomic E-state index is 10.3. The molecule has 1 N–H and O–H groups in total. The zero-order valence-electron chi connectivity index (χ0n) is 12.0. The minimum absolute atomic E-state index is 0.367. The van der Waals surface area contributed by atoms with E-state index < -0.39 is 0 Å². The van der Waals surface area contributed by atoms with Gasteiger partial charge in [-0.1, -0.05) is 30.2 Å². The summed E-state index contributed by atoms with van der Waals surface area (Å²) < 4.78 is 0. The molecule has 1 saturated heterocycles. The number of nitrogens with zero attached hydrogens (tertiary/aromatic N) is 1. The largest absolute Gasteiger partial charge is 0.388 e. The molecule has 1 aliphatic heterocycles. The van der Waals surface area contributed by atoms with E-state index in [1.54, 1.807) is 0 Å². The quantitative estimate of drug-likeness (QED) is 0.906. The van der Waals surface area contributed by atoms with E-state index >= 15 is 0 Å². The van der Waals surface area contributed by atoms with Crippen molar-refractivity contribution in [3.63, 3.8) is 0 Å². The van der Waals surface area contributed by atoms with Crippen LogP contribution in [-0.2, 0) is 0 Å². The first-order chi connectivity index (χ1) is 9.74. The zero-order valence-corrected chi connectivity index (χ0v) is 12.7. The molecule has 20 heavy (non-hydrogen) atoms. The van der Waals surface area contributed by atoms with Gasteiger partial charge in [-0.2, -0.15) is 0 Å². The predicted octanol–water partition coefficient (Wildman–Crippen LogP) is 4.03. The molecule has 0 bridgehead atoms. The summed E-state index contributed by atoms with van der Waals surface area (Å²) in [7, 11) is 0. The normalized spacial score (nSPS) is 28.3. The van der Waals surface area contributed by atoms with E-state index in [0.29, 0.717) is 0 Å². The van der Waals surface area contributed by atoms with E-state index in [1.807, 2.05) is 24.3 Å². The highest BCUT2D eigenvalue weighted by Gasteiger charge is 2.34. The monoisotopic (exact) mass is 293 g/mol. The lowest BCUT2D eigenvalue weighted by Crippen LogP contribution is -2.43. The van der Waals surface area contributed by atoms with Crippen molar-refractivity contribution in [3.05, 3.63) is 34.9 Å². The van der Waals surface area contributed by atoms with Crippen LogP contribution < -0.4 is 0 Å². The van der Waals surface area contributed by atoms with Crippen LogP contribution in [0.2, 0.25) is 5.02 Å². The molecule has 0 spiro atoms. The van der Waals surface area contributed by atoms with Crippen molar-refractivity contribution in [1.29, 1.82) is 0 Å². The first kappa shape index (κ1) is 14.4. The van der Waals surface area contributed by atoms with Crippen LogP contribution in [-0.4, -0.2) is 29.1 Å². The molecule has 0 aromatic heterocycles. The van der Waals surface area contributed by atoms with Crippen molar-refractivity contribution in [2.24, 2.45) is 5.92 Å². The van der Waals surface area contributed by atoms with Crippen molar-refractivity contribution in [2.45, 2.75) is 50.7 Å². The number of hydrogen-bond acceptors (Lipinski definition) is 2. The summed E-state index contributed by atoms with van der Waals surface area (Å²) in [4.78, 5) is 2.63. The Morgan fingerprint density at radius 2 is 1.90 bits per heavy atom. The van der Waals surface area contributed by atoms with Gasteiger partial charge in [0.25, 0.3) is 0 Å². The molecule has 1 aromatic rings. The number of aliphatic hydroxyl groups excluding tert-OH is 1. The topological polar surface area (TPSA) is 23.5 Å². The molecule has 1 aliphatic carbocycles. The number of rotatable bonds is 4. The fraction of sp³-hybridized carbons (Fsp3) is 0.647. The summed E-state index contributed by atoms with van der Waals surface area (Å²) in [6.45, 7) is 2.24. The molecule has 2 aliphatic rings. The van der Waals surface area contributed by atoms with Gasteiger partial charge < -0.3 is 10.0 Å². The van der Waals surface area contributed by atoms with Gasteiger partial charge >= 0.3 is 0 Å². The maximum Gasteiger partial charge on any atom is 0.0802 e. The minimum atomic E-state index is -0.367. The summed E-state index contributed by atoms with van der Waals surface area (Å²) in [6, 6.07) is 8.37. The minimum Gasteiger partial charge on any atom is -0.388 e. The average molecular weight is 294 g/mol. The fourth-order valence-electron chi connectivity index (χ4n) is 3.97. The second-order valence-corrected chi connectivity index (χ2v) is 6.73. The fourth-order valence-corrected chi connectivity index (χ4v) is 4.10. The lowest BCUT2D eigenvalue weighted by atomic mass is 9.91. The lowest BCUT2D eigenvalue weighted by molar-refractivity contribution is 0.0834. The van der Waals surface area contributed by atoms with Crippen LogP contribution in [0.15, 0.2) is 24.3 Å². The summed E-state index contributed by atoms with van der Waals surface area (Å²) in [5.74, 6) is 0.927. The van der Waals surface area contributed by atoms with Crippen LogP contribution in [0.1, 0.15) is 50.2 Å². The van der Waals surface area contributed by atoms with Crippen LogP contribution in [0, 0.1) is 5.92 Å². The molecule has 2 nitrogen and oxygen atoms in total. The zero-order chi connectivity index (χ0) is 13.9. The van der Waals surface area contributed by atoms with Crippen molar-refractivity contribution in [1.82, 2.24) is 4.90 Å². The lowest BCUT2D eigenvalue weighted by Gasteiger charge is -2.38. The first-order valence-electron chi connectivity index (χ1n) is 7.91. The van der Waals surface area contributed by atoms with Gasteiger partial charge in [-0.15, -0.1) is 0 Å². The molecule has 1 aromatic carbocycles. The third-order valence-electron chi connectivity index (χ3n) is 5.05. The molecule has 3 atom stereocenters. The highest BCUT2D eigenvalue weighted by molar-refractivity contribution is 6.30. The van der Waals surface area contributed by atoms with E-state index in [-0.39, 0.29) is 6.10 Å². The van der Waals surface area contributed by atoms with E-state index in [1.165, 1.54) is 38.6 Å². The second-order valence-electron chi connectivity index (χ2n) is 6.29. The third kappa shape index (κ3) is 3.19. The smallest absolute Gasteiger partial charge is 0.0802 e. The maximum absolute atomic E-state index is 10.3. The number of fused-ring (bicyclic) bond motifs is 1. The summed E-state index contributed by atoms with van der Waals surface area (Å²) >= 11 is 5.89. The Kier molecular flexibility index (Phi) is 4.65. The molecule has 110 valence electrons. The third-order valence-corrected chi connectivity index (χ3v) is 5.30. The standard InChI is InChI=1S/C17H24ClNO/c18-15-8-6-14(7-9-15)17(20)10-12-19-11-2-4-13-3-1-5-16(13)19/h6-9,13,16-17,20H,1-5,10-12H2. The Balaban J connectivity index is 1.54. The van der Waals surface area contributed by atoms with Gasteiger partial charge in [-0.25, -0.2) is 0 Å². The van der Waals surface area contributed by atoms with Crippen molar-refractivity contribution in [2.75, 3.05) is 13.1 Å². The molecule has 1 saturated carbocycles. The van der Waals surface area contributed by atoms with Crippen LogP contribution in [0.3, 0.4) is 0 Å². The highest BCUT2D eigenvalue weighted by Crippen LogP contribution is 2.37. The molecule has 3 rings (SSSR count). The van der Waals surface area contributed by atoms with Gasteiger partial charge in [0.15, 0.2) is 0 Å². The molecule has 3 heteroatoms. The molecule has 3 unspecified atom stereocenters. The van der Waals surface area contributed by atoms with Crippen LogP contribution in [0.25, 0.3) is 0 Å². The summed E-state index contributed by atoms with van der Waals surface area (Å²) in [6.07, 6.45) is 7.38. The SMILES string of the molecule is OC(CCN1CCCC2CCCC21)c1ccc(Cl)cc1. The Morgan fingerprint density at radius 1 is 1.15 bits per heavy atom. The molecule has 0 amide bonds. The predicted molar refractivity (Wildman–Crippen MR) is 83.0 cm³/mol. The number of likely N-dealkylation sites (tertiary alicyclic amines) is 1. The first-order valence-corrected chi connectivity index (χ1v) is 8.29. The van der Waals surface area contributed by atoms with E-state index in [9.17, 15) is 5.11 Å². The molecular weight excluding hydrogens is 270 g/mol. The summed E-state index contributed by atoms with van der Waals surface area (Å²) in [5.41, 5.74) is 0.981. The Morgan fingerprint density at radius 3 is 2.70 bits per heavy atom. The van der Waals surface area contributed by atoms with E-state index in [4.69, 9.17) is 11.6 Å². The van der Waals surface area contributed by atoms with E-state index in [2.05, 4.69) is 4.90 Å². The van der Waals surface area contributed by atoms with Crippen LogP contribution in [0.4, 0.5) is 0 Å². The molecule has 1 heterocycles. The van der Waals surface area contributed by atoms with Gasteiger partial charge in [0.1, 0.15) is 0 Å². The number of aliphatic hydroxyl groups is 1. The van der Waals surface area contributed by atoms with Crippen molar-refractivity contribution in [3.8, 4) is 0 Å². The Bertz CT molecular complexity index is 433. The van der Waals surface area contributed by atoms with Crippen molar-refractivity contribution >= 4 is 11.6 Å². The van der Waals surface area contributed by atoms with Crippen molar-refractivity contribution < 1.29 is 5.11 Å². The van der Waals surface area contributed by atoms with Gasteiger partial charge in [-0.3, -0.25) is 0 Å². The van der Waals surface area contributed by atoms with Crippen LogP contribution >= 0.6 is 11.6 Å². The van der Waals surface area contributed by atoms with Gasteiger partial charge in [0, 0.05) is 17.6 Å². The second kappa shape index (κ2) is 6.46. The van der Waals surface area contributed by atoms with Crippen LogP contribution in [0.5, 0.6) is 0 Å². The molecular formula is C17H24ClNO. The van der Waals surface area contributed by atoms with Gasteiger partial charge in [0.2, 0.25) is 0 Å². The number of hydrogen-bond donors (Lipinski definition) is 1. The summed E-state index contributed by atoms with van der Waals surface area (Å²) in [5, 5.41) is 11.0. The average Bonchev–Trinajstić information content (AvgIpc) is 2.94. The van der Waals surface area contributed by atoms with Gasteiger partial charge in [-0.05, 0) is 62.3 Å². The number of benzene rings is 1. The Labute approximate surface area is 126 Å². The Hall–Kier alpha value is -0.570. The molecule has 0 radical (unpaired) electrons. The highest BCUT2D eigenvalue weighted by atomic mass is 35.5. The number of halogens is 1. The molecule has 2 fully saturated rings. The van der Waals surface area contributed by atoms with E-state index in [0.717, 1.165) is 35.5 Å². The van der Waals surface area contributed by atoms with Gasteiger partial charge in [0.05, 0.1) is 6.10 Å². The number of piperidine rings is 1.